The van der Waals surface area contributed by atoms with Gasteiger partial charge in [0.15, 0.2) is 6.29 Å². The standard InChI is InChI=1S/C10H14O2/c1-3-5-9-6-8(7-11)10(4-2)12-9/h6-7H,3-5H2,1-2H3. The van der Waals surface area contributed by atoms with Crippen molar-refractivity contribution in [3.05, 3.63) is 23.2 Å². The van der Waals surface area contributed by atoms with Crippen LogP contribution in [0.1, 0.15) is 42.1 Å². The minimum absolute atomic E-state index is 0.709. The number of hydrogen-bond donors (Lipinski definition) is 0. The number of hydrogen-bond acceptors (Lipinski definition) is 2. The summed E-state index contributed by atoms with van der Waals surface area (Å²) < 4.78 is 5.46. The molecule has 1 aromatic rings. The number of aryl methyl sites for hydroxylation is 2. The number of carbonyl (C=O) groups excluding carboxylic acids is 1. The Labute approximate surface area is 72.6 Å². The summed E-state index contributed by atoms with van der Waals surface area (Å²) in [6, 6.07) is 1.84. The Bertz CT molecular complexity index is 261. The predicted octanol–water partition coefficient (Wildman–Crippen LogP) is 2.61. The summed E-state index contributed by atoms with van der Waals surface area (Å²) >= 11 is 0. The smallest absolute Gasteiger partial charge is 0.153 e. The largest absolute Gasteiger partial charge is 0.465 e. The number of rotatable bonds is 4. The highest BCUT2D eigenvalue weighted by atomic mass is 16.3. The van der Waals surface area contributed by atoms with Gasteiger partial charge in [-0.1, -0.05) is 13.8 Å². The van der Waals surface area contributed by atoms with E-state index in [-0.39, 0.29) is 0 Å². The van der Waals surface area contributed by atoms with Crippen molar-refractivity contribution < 1.29 is 9.21 Å². The molecule has 0 atom stereocenters. The first-order chi connectivity index (χ1) is 5.81. The monoisotopic (exact) mass is 166 g/mol. The lowest BCUT2D eigenvalue weighted by Gasteiger charge is -1.90. The minimum Gasteiger partial charge on any atom is -0.465 e. The lowest BCUT2D eigenvalue weighted by molar-refractivity contribution is 0.112. The van der Waals surface area contributed by atoms with Gasteiger partial charge in [0.2, 0.25) is 0 Å². The van der Waals surface area contributed by atoms with Crippen LogP contribution < -0.4 is 0 Å². The summed E-state index contributed by atoms with van der Waals surface area (Å²) in [7, 11) is 0. The Hall–Kier alpha value is -1.05. The van der Waals surface area contributed by atoms with Crippen molar-refractivity contribution in [2.24, 2.45) is 0 Å². The van der Waals surface area contributed by atoms with Crippen LogP contribution in [0.25, 0.3) is 0 Å². The van der Waals surface area contributed by atoms with E-state index < -0.39 is 0 Å². The lowest BCUT2D eigenvalue weighted by Crippen LogP contribution is -1.81. The second-order valence-electron chi connectivity index (χ2n) is 2.81. The van der Waals surface area contributed by atoms with Crippen molar-refractivity contribution in [1.82, 2.24) is 0 Å². The van der Waals surface area contributed by atoms with Crippen LogP contribution >= 0.6 is 0 Å². The Morgan fingerprint density at radius 3 is 2.67 bits per heavy atom. The van der Waals surface area contributed by atoms with Crippen LogP contribution in [0.15, 0.2) is 10.5 Å². The van der Waals surface area contributed by atoms with Gasteiger partial charge in [0.05, 0.1) is 5.56 Å². The molecular formula is C10H14O2. The summed E-state index contributed by atoms with van der Waals surface area (Å²) in [5, 5.41) is 0. The van der Waals surface area contributed by atoms with E-state index in [1.54, 1.807) is 0 Å². The molecule has 0 bridgehead atoms. The minimum atomic E-state index is 0.709. The van der Waals surface area contributed by atoms with Gasteiger partial charge in [-0.3, -0.25) is 4.79 Å². The van der Waals surface area contributed by atoms with Gasteiger partial charge in [-0.05, 0) is 12.5 Å². The highest BCUT2D eigenvalue weighted by Crippen LogP contribution is 2.15. The fourth-order valence-corrected chi connectivity index (χ4v) is 1.25. The molecule has 1 heterocycles. The van der Waals surface area contributed by atoms with Crippen LogP contribution in [0.2, 0.25) is 0 Å². The lowest BCUT2D eigenvalue weighted by atomic mass is 10.2. The zero-order valence-electron chi connectivity index (χ0n) is 7.59. The molecule has 0 spiro atoms. The molecule has 0 aliphatic heterocycles. The summed E-state index contributed by atoms with van der Waals surface area (Å²) in [5.41, 5.74) is 0.709. The van der Waals surface area contributed by atoms with Gasteiger partial charge < -0.3 is 4.42 Å². The Kier molecular flexibility index (Phi) is 3.09. The van der Waals surface area contributed by atoms with E-state index in [2.05, 4.69) is 6.92 Å². The summed E-state index contributed by atoms with van der Waals surface area (Å²) in [5.74, 6) is 1.74. The van der Waals surface area contributed by atoms with Crippen LogP contribution in [-0.4, -0.2) is 6.29 Å². The molecule has 0 aliphatic rings. The van der Waals surface area contributed by atoms with Gasteiger partial charge in [0, 0.05) is 12.8 Å². The molecule has 0 unspecified atom stereocenters. The van der Waals surface area contributed by atoms with E-state index in [1.165, 1.54) is 0 Å². The molecule has 0 radical (unpaired) electrons. The highest BCUT2D eigenvalue weighted by molar-refractivity contribution is 5.76. The first kappa shape index (κ1) is 9.04. The fraction of sp³-hybridized carbons (Fsp3) is 0.500. The quantitative estimate of drug-likeness (QED) is 0.643. The fourth-order valence-electron chi connectivity index (χ4n) is 1.25. The van der Waals surface area contributed by atoms with Crippen molar-refractivity contribution in [1.29, 1.82) is 0 Å². The third-order valence-electron chi connectivity index (χ3n) is 1.84. The number of aldehydes is 1. The second kappa shape index (κ2) is 4.10. The predicted molar refractivity (Wildman–Crippen MR) is 47.5 cm³/mol. The first-order valence-corrected chi connectivity index (χ1v) is 4.38. The van der Waals surface area contributed by atoms with E-state index >= 15 is 0 Å². The van der Waals surface area contributed by atoms with Crippen LogP contribution in [0, 0.1) is 0 Å². The molecule has 0 N–H and O–H groups in total. The average molecular weight is 166 g/mol. The molecule has 0 aliphatic carbocycles. The van der Waals surface area contributed by atoms with Crippen molar-refractivity contribution in [3.8, 4) is 0 Å². The van der Waals surface area contributed by atoms with Crippen LogP contribution in [-0.2, 0) is 12.8 Å². The summed E-state index contributed by atoms with van der Waals surface area (Å²) in [6.45, 7) is 4.08. The molecule has 1 rings (SSSR count). The van der Waals surface area contributed by atoms with E-state index in [9.17, 15) is 4.79 Å². The topological polar surface area (TPSA) is 30.2 Å². The van der Waals surface area contributed by atoms with Gasteiger partial charge in [0.1, 0.15) is 11.5 Å². The van der Waals surface area contributed by atoms with Crippen LogP contribution in [0.4, 0.5) is 0 Å². The van der Waals surface area contributed by atoms with Gasteiger partial charge >= 0.3 is 0 Å². The molecule has 2 nitrogen and oxygen atoms in total. The van der Waals surface area contributed by atoms with Crippen LogP contribution in [0.5, 0.6) is 0 Å². The van der Waals surface area contributed by atoms with Crippen molar-refractivity contribution in [2.75, 3.05) is 0 Å². The van der Waals surface area contributed by atoms with Crippen molar-refractivity contribution in [3.63, 3.8) is 0 Å². The van der Waals surface area contributed by atoms with Gasteiger partial charge in [-0.2, -0.15) is 0 Å². The van der Waals surface area contributed by atoms with Crippen molar-refractivity contribution in [2.45, 2.75) is 33.1 Å². The van der Waals surface area contributed by atoms with E-state index in [0.717, 1.165) is 37.1 Å². The molecule has 0 saturated carbocycles. The SMILES string of the molecule is CCCc1cc(C=O)c(CC)o1. The van der Waals surface area contributed by atoms with E-state index in [0.29, 0.717) is 5.56 Å². The zero-order chi connectivity index (χ0) is 8.97. The maximum Gasteiger partial charge on any atom is 0.153 e. The Morgan fingerprint density at radius 2 is 2.25 bits per heavy atom. The normalized spacial score (nSPS) is 10.2. The van der Waals surface area contributed by atoms with E-state index in [1.807, 2.05) is 13.0 Å². The molecule has 0 aromatic carbocycles. The first-order valence-electron chi connectivity index (χ1n) is 4.38. The van der Waals surface area contributed by atoms with Crippen molar-refractivity contribution >= 4 is 6.29 Å². The molecule has 2 heteroatoms. The summed E-state index contributed by atoms with van der Waals surface area (Å²) in [6.07, 6.45) is 3.62. The van der Waals surface area contributed by atoms with Crippen LogP contribution in [0.3, 0.4) is 0 Å². The maximum absolute atomic E-state index is 10.5. The third kappa shape index (κ3) is 1.76. The Balaban J connectivity index is 2.88. The summed E-state index contributed by atoms with van der Waals surface area (Å²) in [4.78, 5) is 10.5. The van der Waals surface area contributed by atoms with Gasteiger partial charge in [-0.15, -0.1) is 0 Å². The molecule has 0 amide bonds. The van der Waals surface area contributed by atoms with E-state index in [4.69, 9.17) is 4.42 Å². The molecule has 0 fully saturated rings. The molecule has 66 valence electrons. The highest BCUT2D eigenvalue weighted by Gasteiger charge is 2.07. The average Bonchev–Trinajstić information content (AvgIpc) is 2.48. The third-order valence-corrected chi connectivity index (χ3v) is 1.84. The second-order valence-corrected chi connectivity index (χ2v) is 2.81. The Morgan fingerprint density at radius 1 is 1.50 bits per heavy atom. The molecular weight excluding hydrogens is 152 g/mol. The number of carbonyl (C=O) groups is 1. The molecule has 0 saturated heterocycles. The van der Waals surface area contributed by atoms with Gasteiger partial charge in [-0.25, -0.2) is 0 Å². The number of furan rings is 1. The molecule has 1 aromatic heterocycles. The maximum atomic E-state index is 10.5. The van der Waals surface area contributed by atoms with Gasteiger partial charge in [0.25, 0.3) is 0 Å². The molecule has 12 heavy (non-hydrogen) atoms. The zero-order valence-corrected chi connectivity index (χ0v) is 7.59.